The molecule has 0 aliphatic carbocycles. The third-order valence-corrected chi connectivity index (χ3v) is 1.48. The van der Waals surface area contributed by atoms with Gasteiger partial charge in [0.25, 0.3) is 0 Å². The Balaban J connectivity index is 2.67. The first kappa shape index (κ1) is 9.51. The van der Waals surface area contributed by atoms with E-state index < -0.39 is 5.97 Å². The van der Waals surface area contributed by atoms with Gasteiger partial charge in [-0.25, -0.2) is 4.79 Å². The van der Waals surface area contributed by atoms with E-state index in [1.807, 2.05) is 0 Å². The molecule has 4 heteroatoms. The predicted molar refractivity (Wildman–Crippen MR) is 48.4 cm³/mol. The Bertz CT molecular complexity index is 304. The summed E-state index contributed by atoms with van der Waals surface area (Å²) in [4.78, 5) is 11.1. The molecule has 0 saturated carbocycles. The molecule has 0 saturated heterocycles. The summed E-state index contributed by atoms with van der Waals surface area (Å²) in [6.45, 7) is 5.71. The minimum atomic E-state index is -0.394. The molecule has 70 valence electrons. The van der Waals surface area contributed by atoms with Gasteiger partial charge >= 0.3 is 5.97 Å². The lowest BCUT2D eigenvalue weighted by molar-refractivity contribution is 0.0519. The molecular weight excluding hydrogens is 168 g/mol. The fourth-order valence-corrected chi connectivity index (χ4v) is 0.931. The van der Waals surface area contributed by atoms with E-state index in [1.54, 1.807) is 19.1 Å². The number of hydrogen-bond donors (Lipinski definition) is 1. The highest BCUT2D eigenvalue weighted by molar-refractivity contribution is 5.87. The Morgan fingerprint density at radius 1 is 1.85 bits per heavy atom. The molecule has 1 aromatic rings. The van der Waals surface area contributed by atoms with Crippen LogP contribution in [0.15, 0.2) is 18.7 Å². The van der Waals surface area contributed by atoms with Gasteiger partial charge in [-0.05, 0) is 13.0 Å². The quantitative estimate of drug-likeness (QED) is 0.561. The normalized spacial score (nSPS) is 9.62. The smallest absolute Gasteiger partial charge is 0.358 e. The zero-order valence-electron chi connectivity index (χ0n) is 7.54. The first-order valence-corrected chi connectivity index (χ1v) is 4.10. The number of rotatable bonds is 4. The van der Waals surface area contributed by atoms with E-state index in [0.29, 0.717) is 18.7 Å². The van der Waals surface area contributed by atoms with E-state index in [2.05, 4.69) is 16.8 Å². The molecule has 0 amide bonds. The molecular formula is C9H12N2O2. The van der Waals surface area contributed by atoms with Gasteiger partial charge in [-0.3, -0.25) is 5.10 Å². The minimum Gasteiger partial charge on any atom is -0.461 e. The predicted octanol–water partition coefficient (Wildman–Crippen LogP) is 1.31. The average Bonchev–Trinajstić information content (AvgIpc) is 2.54. The summed E-state index contributed by atoms with van der Waals surface area (Å²) < 4.78 is 4.77. The molecule has 1 aromatic heterocycles. The van der Waals surface area contributed by atoms with Crippen molar-refractivity contribution in [2.75, 3.05) is 6.61 Å². The van der Waals surface area contributed by atoms with E-state index in [-0.39, 0.29) is 0 Å². The molecule has 4 nitrogen and oxygen atoms in total. The molecule has 0 aliphatic rings. The van der Waals surface area contributed by atoms with Crippen LogP contribution in [0.4, 0.5) is 0 Å². The van der Waals surface area contributed by atoms with Crippen LogP contribution in [-0.4, -0.2) is 22.8 Å². The van der Waals surface area contributed by atoms with Crippen molar-refractivity contribution in [1.29, 1.82) is 0 Å². The third-order valence-electron chi connectivity index (χ3n) is 1.48. The number of carbonyl (C=O) groups excluding carboxylic acids is 1. The molecule has 0 atom stereocenters. The molecule has 0 bridgehead atoms. The molecule has 1 heterocycles. The zero-order chi connectivity index (χ0) is 9.68. The third kappa shape index (κ3) is 2.43. The molecule has 0 aromatic carbocycles. The van der Waals surface area contributed by atoms with Gasteiger partial charge in [0, 0.05) is 12.1 Å². The summed E-state index contributed by atoms with van der Waals surface area (Å²) in [6, 6.07) is 1.67. The lowest BCUT2D eigenvalue weighted by Crippen LogP contribution is -2.04. The fraction of sp³-hybridized carbons (Fsp3) is 0.333. The number of carbonyl (C=O) groups is 1. The Morgan fingerprint density at radius 3 is 3.23 bits per heavy atom. The summed E-state index contributed by atoms with van der Waals surface area (Å²) in [6.07, 6.45) is 2.41. The summed E-state index contributed by atoms with van der Waals surface area (Å²) in [5.74, 6) is -0.394. The van der Waals surface area contributed by atoms with Crippen LogP contribution in [0.2, 0.25) is 0 Å². The summed E-state index contributed by atoms with van der Waals surface area (Å²) >= 11 is 0. The topological polar surface area (TPSA) is 55.0 Å². The Kier molecular flexibility index (Phi) is 3.25. The van der Waals surface area contributed by atoms with Crippen molar-refractivity contribution < 1.29 is 9.53 Å². The van der Waals surface area contributed by atoms with Gasteiger partial charge in [0.2, 0.25) is 0 Å². The average molecular weight is 180 g/mol. The van der Waals surface area contributed by atoms with Crippen molar-refractivity contribution in [3.63, 3.8) is 0 Å². The number of nitrogens with one attached hydrogen (secondary N) is 1. The largest absolute Gasteiger partial charge is 0.461 e. The van der Waals surface area contributed by atoms with Crippen molar-refractivity contribution in [2.45, 2.75) is 13.3 Å². The van der Waals surface area contributed by atoms with Gasteiger partial charge in [0.05, 0.1) is 6.61 Å². The minimum absolute atomic E-state index is 0.318. The molecule has 1 rings (SSSR count). The van der Waals surface area contributed by atoms with Crippen LogP contribution in [0, 0.1) is 0 Å². The number of aromatic nitrogens is 2. The maximum atomic E-state index is 11.1. The lowest BCUT2D eigenvalue weighted by atomic mass is 10.3. The van der Waals surface area contributed by atoms with E-state index in [0.717, 1.165) is 5.69 Å². The Morgan fingerprint density at radius 2 is 2.62 bits per heavy atom. The molecule has 0 aliphatic heterocycles. The maximum Gasteiger partial charge on any atom is 0.358 e. The second kappa shape index (κ2) is 4.45. The fourth-order valence-electron chi connectivity index (χ4n) is 0.931. The van der Waals surface area contributed by atoms with Crippen LogP contribution in [0.25, 0.3) is 0 Å². The number of nitrogens with zero attached hydrogens (tertiary/aromatic N) is 1. The number of esters is 1. The van der Waals surface area contributed by atoms with Crippen LogP contribution >= 0.6 is 0 Å². The van der Waals surface area contributed by atoms with Gasteiger partial charge in [-0.15, -0.1) is 6.58 Å². The maximum absolute atomic E-state index is 11.1. The van der Waals surface area contributed by atoms with Crippen LogP contribution in [-0.2, 0) is 11.2 Å². The lowest BCUT2D eigenvalue weighted by Gasteiger charge is -1.94. The molecule has 0 spiro atoms. The van der Waals surface area contributed by atoms with Gasteiger partial charge in [0.15, 0.2) is 5.69 Å². The van der Waals surface area contributed by atoms with Crippen LogP contribution in [0.5, 0.6) is 0 Å². The summed E-state index contributed by atoms with van der Waals surface area (Å²) in [5.41, 5.74) is 1.18. The number of H-pyrrole nitrogens is 1. The van der Waals surface area contributed by atoms with E-state index in [1.165, 1.54) is 0 Å². The first-order valence-electron chi connectivity index (χ1n) is 4.10. The van der Waals surface area contributed by atoms with Crippen LogP contribution in [0.1, 0.15) is 23.1 Å². The van der Waals surface area contributed by atoms with Crippen LogP contribution < -0.4 is 0 Å². The van der Waals surface area contributed by atoms with Crippen molar-refractivity contribution >= 4 is 5.97 Å². The molecule has 0 radical (unpaired) electrons. The first-order chi connectivity index (χ1) is 6.27. The SMILES string of the molecule is C=CCc1cc(C(=O)OCC)n[nH]1. The summed E-state index contributed by atoms with van der Waals surface area (Å²) in [7, 11) is 0. The standard InChI is InChI=1S/C9H12N2O2/c1-3-5-7-6-8(11-10-7)9(12)13-4-2/h3,6H,1,4-5H2,2H3,(H,10,11). The molecule has 0 fully saturated rings. The van der Waals surface area contributed by atoms with Gasteiger partial charge in [-0.1, -0.05) is 6.08 Å². The highest BCUT2D eigenvalue weighted by Gasteiger charge is 2.09. The van der Waals surface area contributed by atoms with E-state index in [9.17, 15) is 4.79 Å². The van der Waals surface area contributed by atoms with E-state index >= 15 is 0 Å². The highest BCUT2D eigenvalue weighted by atomic mass is 16.5. The van der Waals surface area contributed by atoms with Gasteiger partial charge < -0.3 is 4.74 Å². The second-order valence-corrected chi connectivity index (χ2v) is 2.49. The number of hydrogen-bond acceptors (Lipinski definition) is 3. The molecule has 1 N–H and O–H groups in total. The second-order valence-electron chi connectivity index (χ2n) is 2.49. The highest BCUT2D eigenvalue weighted by Crippen LogP contribution is 2.02. The van der Waals surface area contributed by atoms with Crippen molar-refractivity contribution in [2.24, 2.45) is 0 Å². The van der Waals surface area contributed by atoms with Gasteiger partial charge in [-0.2, -0.15) is 5.10 Å². The van der Waals surface area contributed by atoms with Crippen molar-refractivity contribution in [1.82, 2.24) is 10.2 Å². The monoisotopic (exact) mass is 180 g/mol. The number of ether oxygens (including phenoxy) is 1. The number of aromatic amines is 1. The molecule has 0 unspecified atom stereocenters. The zero-order valence-corrected chi connectivity index (χ0v) is 7.54. The van der Waals surface area contributed by atoms with Crippen molar-refractivity contribution in [3.05, 3.63) is 30.1 Å². The number of allylic oxidation sites excluding steroid dienone is 1. The van der Waals surface area contributed by atoms with Crippen molar-refractivity contribution in [3.8, 4) is 0 Å². The summed E-state index contributed by atoms with van der Waals surface area (Å²) in [5, 5.41) is 6.53. The molecule has 13 heavy (non-hydrogen) atoms. The Hall–Kier alpha value is -1.58. The van der Waals surface area contributed by atoms with E-state index in [4.69, 9.17) is 4.74 Å². The van der Waals surface area contributed by atoms with Gasteiger partial charge in [0.1, 0.15) is 0 Å². The van der Waals surface area contributed by atoms with Crippen LogP contribution in [0.3, 0.4) is 0 Å². The Labute approximate surface area is 76.6 Å².